The third-order valence-corrected chi connectivity index (χ3v) is 7.37. The van der Waals surface area contributed by atoms with Gasteiger partial charge in [-0.1, -0.05) is 29.8 Å². The van der Waals surface area contributed by atoms with Gasteiger partial charge in [0, 0.05) is 0 Å². The molecule has 0 spiro atoms. The Labute approximate surface area is 152 Å². The van der Waals surface area contributed by atoms with Crippen molar-refractivity contribution in [3.8, 4) is 11.5 Å². The molecule has 0 saturated heterocycles. The summed E-state index contributed by atoms with van der Waals surface area (Å²) in [6.45, 7) is 1.98. The van der Waals surface area contributed by atoms with Gasteiger partial charge in [0.25, 0.3) is 10.1 Å². The molecule has 142 valence electrons. The van der Waals surface area contributed by atoms with E-state index in [0.717, 1.165) is 11.1 Å². The van der Waals surface area contributed by atoms with Gasteiger partial charge in [-0.3, -0.25) is 9.12 Å². The molecule has 2 rings (SSSR count). The minimum Gasteiger partial charge on any atom is -0.457 e. The second kappa shape index (κ2) is 8.33. The Morgan fingerprint density at radius 3 is 1.96 bits per heavy atom. The lowest BCUT2D eigenvalue weighted by Gasteiger charge is -2.15. The maximum atomic E-state index is 11.2. The van der Waals surface area contributed by atoms with E-state index < -0.39 is 22.7 Å². The van der Waals surface area contributed by atoms with Gasteiger partial charge in [0.1, 0.15) is 11.5 Å². The highest BCUT2D eigenvalue weighted by molar-refractivity contribution is 7.93. The van der Waals surface area contributed by atoms with E-state index in [9.17, 15) is 13.0 Å². The van der Waals surface area contributed by atoms with Crippen LogP contribution in [0.2, 0.25) is 0 Å². The van der Waals surface area contributed by atoms with Crippen LogP contribution in [0.1, 0.15) is 24.0 Å². The quantitative estimate of drug-likeness (QED) is 0.458. The largest absolute Gasteiger partial charge is 0.457 e. The number of hydrogen-bond acceptors (Lipinski definition) is 4. The van der Waals surface area contributed by atoms with Crippen LogP contribution in [0.15, 0.2) is 48.5 Å². The SMILES string of the molecule is Cc1ccc(Oc2ccc(CCCC(P(=O)(O)O)S(=O)(=O)O)cc2)cc1. The Bertz CT molecular complexity index is 870. The van der Waals surface area contributed by atoms with Gasteiger partial charge >= 0.3 is 7.60 Å². The number of hydrogen-bond donors (Lipinski definition) is 3. The molecule has 1 atom stereocenters. The second-order valence-electron chi connectivity index (χ2n) is 6.01. The Hall–Kier alpha value is -1.70. The first kappa shape index (κ1) is 20.6. The van der Waals surface area contributed by atoms with Gasteiger partial charge in [-0.2, -0.15) is 8.42 Å². The Balaban J connectivity index is 1.93. The van der Waals surface area contributed by atoms with Crippen LogP contribution in [0.3, 0.4) is 0 Å². The Kier molecular flexibility index (Phi) is 6.60. The minimum atomic E-state index is -4.93. The first-order valence-electron chi connectivity index (χ1n) is 7.91. The molecule has 0 fully saturated rings. The van der Waals surface area contributed by atoms with Crippen LogP contribution in [-0.2, 0) is 21.1 Å². The Morgan fingerprint density at radius 2 is 1.50 bits per heavy atom. The monoisotopic (exact) mass is 400 g/mol. The molecule has 3 N–H and O–H groups in total. The lowest BCUT2D eigenvalue weighted by Crippen LogP contribution is -2.20. The lowest BCUT2D eigenvalue weighted by atomic mass is 10.1. The van der Waals surface area contributed by atoms with E-state index in [1.807, 2.05) is 31.2 Å². The number of ether oxygens (including phenoxy) is 1. The first-order valence-corrected chi connectivity index (χ1v) is 11.1. The van der Waals surface area contributed by atoms with E-state index in [1.54, 1.807) is 24.3 Å². The molecule has 2 aromatic carbocycles. The summed E-state index contributed by atoms with van der Waals surface area (Å²) in [7, 11) is -9.73. The van der Waals surface area contributed by atoms with Gasteiger partial charge in [-0.25, -0.2) is 0 Å². The summed E-state index contributed by atoms with van der Waals surface area (Å²) in [5.74, 6) is 1.35. The summed E-state index contributed by atoms with van der Waals surface area (Å²) in [6, 6.07) is 14.7. The maximum Gasteiger partial charge on any atom is 0.346 e. The molecule has 0 aliphatic heterocycles. The van der Waals surface area contributed by atoms with Crippen LogP contribution in [0.25, 0.3) is 0 Å². The fourth-order valence-corrected chi connectivity index (χ4v) is 4.81. The number of aryl methyl sites for hydroxylation is 2. The minimum absolute atomic E-state index is 0.202. The van der Waals surface area contributed by atoms with E-state index in [2.05, 4.69) is 0 Å². The summed E-state index contributed by atoms with van der Waals surface area (Å²) < 4.78 is 48.1. The van der Waals surface area contributed by atoms with Crippen molar-refractivity contribution in [3.63, 3.8) is 0 Å². The van der Waals surface area contributed by atoms with Crippen molar-refractivity contribution in [1.29, 1.82) is 0 Å². The molecular weight excluding hydrogens is 379 g/mol. The van der Waals surface area contributed by atoms with E-state index in [-0.39, 0.29) is 12.8 Å². The number of rotatable bonds is 8. The van der Waals surface area contributed by atoms with Crippen LogP contribution < -0.4 is 4.74 Å². The van der Waals surface area contributed by atoms with Crippen LogP contribution >= 0.6 is 7.60 Å². The molecule has 0 aliphatic carbocycles. The van der Waals surface area contributed by atoms with Crippen LogP contribution in [0, 0.1) is 6.92 Å². The Morgan fingerprint density at radius 1 is 1.00 bits per heavy atom. The second-order valence-corrected chi connectivity index (χ2v) is 9.76. The van der Waals surface area contributed by atoms with Crippen molar-refractivity contribution in [3.05, 3.63) is 59.7 Å². The third-order valence-electron chi connectivity index (χ3n) is 3.82. The van der Waals surface area contributed by atoms with E-state index >= 15 is 0 Å². The van der Waals surface area contributed by atoms with Crippen molar-refractivity contribution in [2.24, 2.45) is 0 Å². The summed E-state index contributed by atoms with van der Waals surface area (Å²) in [6.07, 6.45) is 0.287. The topological polar surface area (TPSA) is 121 Å². The summed E-state index contributed by atoms with van der Waals surface area (Å²) in [4.78, 5) is 16.0. The molecule has 0 aliphatic rings. The van der Waals surface area contributed by atoms with Gasteiger partial charge in [0.15, 0.2) is 4.99 Å². The first-order chi connectivity index (χ1) is 12.1. The van der Waals surface area contributed by atoms with Gasteiger partial charge in [0.05, 0.1) is 0 Å². The maximum absolute atomic E-state index is 11.2. The third kappa shape index (κ3) is 6.23. The molecule has 0 radical (unpaired) electrons. The molecule has 7 nitrogen and oxygen atoms in total. The number of benzene rings is 2. The fourth-order valence-electron chi connectivity index (χ4n) is 2.44. The summed E-state index contributed by atoms with van der Waals surface area (Å²) >= 11 is 0. The fraction of sp³-hybridized carbons (Fsp3) is 0.294. The van der Waals surface area contributed by atoms with Crippen molar-refractivity contribution >= 4 is 17.7 Å². The molecule has 9 heteroatoms. The normalized spacial score (nSPS) is 13.4. The van der Waals surface area contributed by atoms with Crippen molar-refractivity contribution < 1.29 is 32.1 Å². The zero-order chi connectivity index (χ0) is 19.4. The highest BCUT2D eigenvalue weighted by Crippen LogP contribution is 2.46. The van der Waals surface area contributed by atoms with Crippen molar-refractivity contribution in [2.45, 2.75) is 31.2 Å². The van der Waals surface area contributed by atoms with Gasteiger partial charge < -0.3 is 14.5 Å². The van der Waals surface area contributed by atoms with Gasteiger partial charge in [-0.05, 0) is 56.0 Å². The lowest BCUT2D eigenvalue weighted by molar-refractivity contribution is 0.360. The molecule has 0 bridgehead atoms. The molecule has 0 heterocycles. The average Bonchev–Trinajstić information content (AvgIpc) is 2.53. The van der Waals surface area contributed by atoms with E-state index in [1.165, 1.54) is 0 Å². The van der Waals surface area contributed by atoms with Crippen LogP contribution in [0.5, 0.6) is 11.5 Å². The molecule has 26 heavy (non-hydrogen) atoms. The van der Waals surface area contributed by atoms with Crippen molar-refractivity contribution in [2.75, 3.05) is 0 Å². The highest BCUT2D eigenvalue weighted by atomic mass is 32.2. The summed E-state index contributed by atoms with van der Waals surface area (Å²) in [5, 5.41) is 0. The summed E-state index contributed by atoms with van der Waals surface area (Å²) in [5.41, 5.74) is 1.99. The smallest absolute Gasteiger partial charge is 0.346 e. The van der Waals surface area contributed by atoms with Crippen molar-refractivity contribution in [1.82, 2.24) is 0 Å². The molecule has 1 unspecified atom stereocenters. The zero-order valence-electron chi connectivity index (χ0n) is 14.1. The van der Waals surface area contributed by atoms with Gasteiger partial charge in [-0.15, -0.1) is 0 Å². The molecule has 0 saturated carbocycles. The van der Waals surface area contributed by atoms with Crippen LogP contribution in [0.4, 0.5) is 0 Å². The standard InChI is InChI=1S/C17H21O7PS/c1-13-5-9-15(10-6-13)24-16-11-7-14(8-12-16)3-2-4-17(25(18,19)20)26(21,22)23/h5-12,17H,2-4H2,1H3,(H2,18,19,20)(H,21,22,23). The predicted octanol–water partition coefficient (Wildman–Crippen LogP) is 3.50. The van der Waals surface area contributed by atoms with Crippen LogP contribution in [-0.4, -0.2) is 27.7 Å². The molecular formula is C17H21O7PS. The average molecular weight is 400 g/mol. The molecule has 0 amide bonds. The van der Waals surface area contributed by atoms with E-state index in [0.29, 0.717) is 17.9 Å². The molecule has 0 aromatic heterocycles. The zero-order valence-corrected chi connectivity index (χ0v) is 15.9. The van der Waals surface area contributed by atoms with E-state index in [4.69, 9.17) is 19.1 Å². The molecule has 2 aromatic rings. The predicted molar refractivity (Wildman–Crippen MR) is 98.0 cm³/mol. The van der Waals surface area contributed by atoms with Gasteiger partial charge in [0.2, 0.25) is 0 Å². The highest BCUT2D eigenvalue weighted by Gasteiger charge is 2.38.